The second-order valence-electron chi connectivity index (χ2n) is 6.69. The molecule has 0 saturated carbocycles. The highest BCUT2D eigenvalue weighted by Crippen LogP contribution is 2.25. The van der Waals surface area contributed by atoms with Crippen molar-refractivity contribution < 1.29 is 4.39 Å². The van der Waals surface area contributed by atoms with E-state index in [9.17, 15) is 4.39 Å². The molecule has 1 heterocycles. The van der Waals surface area contributed by atoms with Crippen molar-refractivity contribution in [1.29, 1.82) is 0 Å². The minimum absolute atomic E-state index is 0.0465. The molecule has 4 heteroatoms. The van der Waals surface area contributed by atoms with Crippen LogP contribution in [0.3, 0.4) is 0 Å². The summed E-state index contributed by atoms with van der Waals surface area (Å²) in [6, 6.07) is 7.48. The number of benzene rings is 1. The lowest BCUT2D eigenvalue weighted by Crippen LogP contribution is -2.57. The molecule has 2 rings (SSSR count). The lowest BCUT2D eigenvalue weighted by Gasteiger charge is -2.45. The van der Waals surface area contributed by atoms with Crippen LogP contribution in [-0.4, -0.2) is 55.1 Å². The van der Waals surface area contributed by atoms with Crippen molar-refractivity contribution in [2.45, 2.75) is 37.8 Å². The van der Waals surface area contributed by atoms with Gasteiger partial charge in [0.25, 0.3) is 0 Å². The summed E-state index contributed by atoms with van der Waals surface area (Å²) in [7, 11) is 4.31. The average molecular weight is 293 g/mol. The maximum atomic E-state index is 13.0. The van der Waals surface area contributed by atoms with E-state index in [4.69, 9.17) is 5.73 Å². The number of nitrogens with zero attached hydrogens (tertiary/aromatic N) is 2. The smallest absolute Gasteiger partial charge is 0.123 e. The van der Waals surface area contributed by atoms with E-state index in [1.165, 1.54) is 25.0 Å². The Balaban J connectivity index is 2.02. The molecule has 0 amide bonds. The van der Waals surface area contributed by atoms with E-state index < -0.39 is 0 Å². The Morgan fingerprint density at radius 1 is 1.24 bits per heavy atom. The van der Waals surface area contributed by atoms with Crippen molar-refractivity contribution in [3.63, 3.8) is 0 Å². The maximum Gasteiger partial charge on any atom is 0.123 e. The summed E-state index contributed by atoms with van der Waals surface area (Å²) in [6.07, 6.45) is 3.24. The van der Waals surface area contributed by atoms with Gasteiger partial charge in [0.05, 0.1) is 0 Å². The Morgan fingerprint density at radius 3 is 2.29 bits per heavy atom. The zero-order valence-corrected chi connectivity index (χ0v) is 13.5. The molecule has 0 spiro atoms. The molecule has 0 bridgehead atoms. The minimum Gasteiger partial charge on any atom is -0.329 e. The molecular weight excluding hydrogens is 265 g/mol. The van der Waals surface area contributed by atoms with E-state index in [0.717, 1.165) is 25.1 Å². The fraction of sp³-hybridized carbons (Fsp3) is 0.647. The van der Waals surface area contributed by atoms with Crippen molar-refractivity contribution in [1.82, 2.24) is 9.80 Å². The summed E-state index contributed by atoms with van der Waals surface area (Å²) in [5, 5.41) is 0. The Kier molecular flexibility index (Phi) is 5.36. The van der Waals surface area contributed by atoms with Crippen LogP contribution in [0.1, 0.15) is 25.3 Å². The van der Waals surface area contributed by atoms with Gasteiger partial charge in [-0.15, -0.1) is 0 Å². The molecule has 1 aromatic carbocycles. The van der Waals surface area contributed by atoms with Gasteiger partial charge in [0, 0.05) is 31.2 Å². The minimum atomic E-state index is -0.181. The first-order valence-corrected chi connectivity index (χ1v) is 7.80. The summed E-state index contributed by atoms with van der Waals surface area (Å²) in [6.45, 7) is 5.01. The summed E-state index contributed by atoms with van der Waals surface area (Å²) in [4.78, 5) is 4.83. The van der Waals surface area contributed by atoms with Crippen molar-refractivity contribution in [2.75, 3.05) is 33.7 Å². The number of hydrogen-bond acceptors (Lipinski definition) is 3. The highest BCUT2D eigenvalue weighted by molar-refractivity contribution is 5.19. The third-order valence-electron chi connectivity index (χ3n) is 4.90. The Labute approximate surface area is 127 Å². The number of likely N-dealkylation sites (tertiary alicyclic amines) is 1. The van der Waals surface area contributed by atoms with Crippen LogP contribution in [0, 0.1) is 5.82 Å². The molecule has 0 aliphatic carbocycles. The number of nitrogens with two attached hydrogens (primary N) is 1. The van der Waals surface area contributed by atoms with Crippen LogP contribution >= 0.6 is 0 Å². The Morgan fingerprint density at radius 2 is 1.81 bits per heavy atom. The molecule has 0 radical (unpaired) electrons. The average Bonchev–Trinajstić information content (AvgIpc) is 2.49. The Hall–Kier alpha value is -0.970. The molecule has 1 aliphatic rings. The van der Waals surface area contributed by atoms with E-state index in [2.05, 4.69) is 30.8 Å². The predicted octanol–water partition coefficient (Wildman–Crippen LogP) is 2.11. The van der Waals surface area contributed by atoms with Crippen LogP contribution in [-0.2, 0) is 6.42 Å². The highest BCUT2D eigenvalue weighted by Gasteiger charge is 2.34. The number of rotatable bonds is 5. The molecule has 1 aliphatic heterocycles. The molecule has 118 valence electrons. The number of halogens is 1. The first-order chi connectivity index (χ1) is 9.94. The topological polar surface area (TPSA) is 32.5 Å². The van der Waals surface area contributed by atoms with Gasteiger partial charge in [-0.05, 0) is 58.0 Å². The van der Waals surface area contributed by atoms with Crippen molar-refractivity contribution in [3.8, 4) is 0 Å². The number of hydrogen-bond donors (Lipinski definition) is 1. The van der Waals surface area contributed by atoms with Crippen LogP contribution in [0.2, 0.25) is 0 Å². The van der Waals surface area contributed by atoms with Crippen molar-refractivity contribution >= 4 is 0 Å². The molecule has 21 heavy (non-hydrogen) atoms. The van der Waals surface area contributed by atoms with Crippen molar-refractivity contribution in [2.24, 2.45) is 5.73 Å². The molecule has 1 atom stereocenters. The summed E-state index contributed by atoms with van der Waals surface area (Å²) >= 11 is 0. The van der Waals surface area contributed by atoms with Gasteiger partial charge in [-0.25, -0.2) is 4.39 Å². The fourth-order valence-electron chi connectivity index (χ4n) is 3.28. The molecular formula is C17H28FN3. The Bertz CT molecular complexity index is 438. The monoisotopic (exact) mass is 293 g/mol. The van der Waals surface area contributed by atoms with Crippen LogP contribution in [0.4, 0.5) is 4.39 Å². The third-order valence-corrected chi connectivity index (χ3v) is 4.90. The SMILES string of the molecule is CN(C)C1CCN(C(C)(CN)Cc2ccc(F)cc2)CC1. The summed E-state index contributed by atoms with van der Waals surface area (Å²) in [5.74, 6) is -0.181. The zero-order chi connectivity index (χ0) is 15.5. The lowest BCUT2D eigenvalue weighted by atomic mass is 9.88. The van der Waals surface area contributed by atoms with Crippen LogP contribution < -0.4 is 5.73 Å². The van der Waals surface area contributed by atoms with Gasteiger partial charge < -0.3 is 10.6 Å². The third kappa shape index (κ3) is 4.02. The molecule has 1 aromatic rings. The quantitative estimate of drug-likeness (QED) is 0.902. The van der Waals surface area contributed by atoms with Gasteiger partial charge in [-0.1, -0.05) is 12.1 Å². The first kappa shape index (κ1) is 16.4. The van der Waals surface area contributed by atoms with Gasteiger partial charge in [-0.2, -0.15) is 0 Å². The maximum absolute atomic E-state index is 13.0. The van der Waals surface area contributed by atoms with Gasteiger partial charge in [-0.3, -0.25) is 4.90 Å². The fourth-order valence-corrected chi connectivity index (χ4v) is 3.28. The molecule has 1 saturated heterocycles. The second kappa shape index (κ2) is 6.86. The van der Waals surface area contributed by atoms with Crippen LogP contribution in [0.25, 0.3) is 0 Å². The first-order valence-electron chi connectivity index (χ1n) is 7.80. The van der Waals surface area contributed by atoms with Gasteiger partial charge in [0.2, 0.25) is 0 Å². The molecule has 1 fully saturated rings. The van der Waals surface area contributed by atoms with E-state index in [1.54, 1.807) is 0 Å². The number of piperidine rings is 1. The molecule has 0 aromatic heterocycles. The molecule has 2 N–H and O–H groups in total. The van der Waals surface area contributed by atoms with Crippen LogP contribution in [0.15, 0.2) is 24.3 Å². The standard InChI is InChI=1S/C17H28FN3/c1-17(13-19,12-14-4-6-15(18)7-5-14)21-10-8-16(9-11-21)20(2)3/h4-7,16H,8-13,19H2,1-3H3. The van der Waals surface area contributed by atoms with E-state index in [0.29, 0.717) is 12.6 Å². The van der Waals surface area contributed by atoms with E-state index >= 15 is 0 Å². The van der Waals surface area contributed by atoms with Crippen LogP contribution in [0.5, 0.6) is 0 Å². The summed E-state index contributed by atoms with van der Waals surface area (Å²) < 4.78 is 13.0. The van der Waals surface area contributed by atoms with Gasteiger partial charge in [0.1, 0.15) is 5.82 Å². The normalized spacial score (nSPS) is 20.7. The molecule has 1 unspecified atom stereocenters. The largest absolute Gasteiger partial charge is 0.329 e. The molecule has 3 nitrogen and oxygen atoms in total. The van der Waals surface area contributed by atoms with Gasteiger partial charge in [0.15, 0.2) is 0 Å². The van der Waals surface area contributed by atoms with Gasteiger partial charge >= 0.3 is 0 Å². The second-order valence-corrected chi connectivity index (χ2v) is 6.69. The summed E-state index contributed by atoms with van der Waals surface area (Å²) in [5.41, 5.74) is 7.19. The zero-order valence-electron chi connectivity index (χ0n) is 13.5. The van der Waals surface area contributed by atoms with E-state index in [1.807, 2.05) is 12.1 Å². The van der Waals surface area contributed by atoms with Crippen molar-refractivity contribution in [3.05, 3.63) is 35.6 Å². The predicted molar refractivity (Wildman–Crippen MR) is 85.8 cm³/mol. The highest BCUT2D eigenvalue weighted by atomic mass is 19.1. The lowest BCUT2D eigenvalue weighted by molar-refractivity contribution is 0.0560. The van der Waals surface area contributed by atoms with E-state index in [-0.39, 0.29) is 11.4 Å².